The van der Waals surface area contributed by atoms with Crippen molar-refractivity contribution < 1.29 is 39.6 Å². The SMILES string of the molecule is C=CCNc1ccc(CC(CN(CCC(CCNCC(=O)O)CCC(=O)O)CC(=O)O)NCC(=O)O)cc1. The van der Waals surface area contributed by atoms with Gasteiger partial charge in [-0.3, -0.25) is 24.1 Å². The van der Waals surface area contributed by atoms with E-state index in [-0.39, 0.29) is 44.6 Å². The molecule has 212 valence electrons. The molecule has 0 fully saturated rings. The summed E-state index contributed by atoms with van der Waals surface area (Å²) in [6, 6.07) is 7.33. The minimum Gasteiger partial charge on any atom is -0.481 e. The third-order valence-electron chi connectivity index (χ3n) is 5.89. The first kappa shape index (κ1) is 32.5. The van der Waals surface area contributed by atoms with Crippen molar-refractivity contribution in [3.63, 3.8) is 0 Å². The Morgan fingerprint density at radius 3 is 2.16 bits per heavy atom. The quantitative estimate of drug-likeness (QED) is 0.0783. The van der Waals surface area contributed by atoms with Crippen LogP contribution < -0.4 is 16.0 Å². The summed E-state index contributed by atoms with van der Waals surface area (Å²) in [5.41, 5.74) is 1.87. The number of carboxylic acid groups (broad SMARTS) is 4. The summed E-state index contributed by atoms with van der Waals surface area (Å²) < 4.78 is 0. The van der Waals surface area contributed by atoms with Crippen LogP contribution in [0.4, 0.5) is 5.69 Å². The number of nitrogens with one attached hydrogen (secondary N) is 3. The fourth-order valence-corrected chi connectivity index (χ4v) is 4.03. The minimum absolute atomic E-state index is 0.0387. The molecule has 0 heterocycles. The molecule has 0 saturated carbocycles. The van der Waals surface area contributed by atoms with Crippen molar-refractivity contribution in [2.45, 2.75) is 38.1 Å². The lowest BCUT2D eigenvalue weighted by molar-refractivity contribution is -0.139. The summed E-state index contributed by atoms with van der Waals surface area (Å²) in [7, 11) is 0. The summed E-state index contributed by atoms with van der Waals surface area (Å²) in [5.74, 6) is -4.01. The molecular formula is C26H40N4O8. The Kier molecular flexibility index (Phi) is 16.0. The maximum atomic E-state index is 11.6. The number of aliphatic carboxylic acids is 4. The lowest BCUT2D eigenvalue weighted by atomic mass is 9.95. The summed E-state index contributed by atoms with van der Waals surface area (Å²) >= 11 is 0. The van der Waals surface area contributed by atoms with E-state index in [9.17, 15) is 24.3 Å². The van der Waals surface area contributed by atoms with Crippen molar-refractivity contribution in [3.8, 4) is 0 Å². The molecule has 2 atom stereocenters. The van der Waals surface area contributed by atoms with Gasteiger partial charge in [-0.05, 0) is 62.4 Å². The van der Waals surface area contributed by atoms with Crippen LogP contribution in [0.3, 0.4) is 0 Å². The van der Waals surface area contributed by atoms with Gasteiger partial charge in [-0.2, -0.15) is 0 Å². The van der Waals surface area contributed by atoms with Crippen molar-refractivity contribution in [3.05, 3.63) is 42.5 Å². The number of hydrogen-bond acceptors (Lipinski definition) is 8. The molecule has 1 rings (SSSR count). The first-order chi connectivity index (χ1) is 18.1. The highest BCUT2D eigenvalue weighted by Crippen LogP contribution is 2.17. The predicted molar refractivity (Wildman–Crippen MR) is 142 cm³/mol. The molecule has 0 amide bonds. The standard InChI is InChI=1S/C26H40N4O8/c1-2-11-28-21-6-3-20(4-7-21)14-22(29-16-25(35)36)17-30(18-26(37)38)13-10-19(5-8-23(31)32)9-12-27-15-24(33)34/h2-4,6-7,19,22,27-29H,1,5,8-18H2,(H,31,32)(H,33,34)(H,35,36)(H,37,38). The second-order valence-electron chi connectivity index (χ2n) is 9.12. The molecule has 1 aromatic carbocycles. The zero-order valence-electron chi connectivity index (χ0n) is 21.6. The average Bonchev–Trinajstić information content (AvgIpc) is 2.85. The Balaban J connectivity index is 2.87. The van der Waals surface area contributed by atoms with Crippen molar-refractivity contribution in [2.24, 2.45) is 5.92 Å². The Labute approximate surface area is 222 Å². The zero-order valence-corrected chi connectivity index (χ0v) is 21.6. The molecule has 1 aromatic rings. The van der Waals surface area contributed by atoms with Crippen LogP contribution in [-0.2, 0) is 25.6 Å². The van der Waals surface area contributed by atoms with Crippen LogP contribution in [-0.4, -0.2) is 101 Å². The van der Waals surface area contributed by atoms with Gasteiger partial charge in [-0.25, -0.2) is 0 Å². The van der Waals surface area contributed by atoms with Gasteiger partial charge < -0.3 is 36.4 Å². The van der Waals surface area contributed by atoms with E-state index < -0.39 is 23.9 Å². The number of anilines is 1. The van der Waals surface area contributed by atoms with E-state index in [2.05, 4.69) is 22.5 Å². The van der Waals surface area contributed by atoms with Crippen LogP contribution in [0.15, 0.2) is 36.9 Å². The lowest BCUT2D eigenvalue weighted by Gasteiger charge is -2.28. The Bertz CT molecular complexity index is 894. The zero-order chi connectivity index (χ0) is 28.3. The highest BCUT2D eigenvalue weighted by atomic mass is 16.4. The van der Waals surface area contributed by atoms with Crippen molar-refractivity contribution in [1.29, 1.82) is 0 Å². The molecule has 0 aliphatic rings. The molecule has 0 aliphatic carbocycles. The average molecular weight is 537 g/mol. The molecule has 12 heteroatoms. The normalized spacial score (nSPS) is 12.6. The van der Waals surface area contributed by atoms with Gasteiger partial charge in [0, 0.05) is 31.2 Å². The highest BCUT2D eigenvalue weighted by molar-refractivity contribution is 5.69. The molecule has 0 bridgehead atoms. The maximum Gasteiger partial charge on any atom is 0.317 e. The molecule has 0 aromatic heterocycles. The van der Waals surface area contributed by atoms with E-state index in [4.69, 9.17) is 15.3 Å². The second-order valence-corrected chi connectivity index (χ2v) is 9.12. The Morgan fingerprint density at radius 1 is 0.895 bits per heavy atom. The van der Waals surface area contributed by atoms with Crippen molar-refractivity contribution >= 4 is 29.6 Å². The van der Waals surface area contributed by atoms with E-state index in [1.165, 1.54) is 0 Å². The van der Waals surface area contributed by atoms with E-state index in [0.29, 0.717) is 45.3 Å². The molecule has 0 spiro atoms. The van der Waals surface area contributed by atoms with Gasteiger partial charge in [0.15, 0.2) is 0 Å². The summed E-state index contributed by atoms with van der Waals surface area (Å²) in [6.45, 7) is 4.61. The topological polar surface area (TPSA) is 189 Å². The molecule has 12 nitrogen and oxygen atoms in total. The predicted octanol–water partition coefficient (Wildman–Crippen LogP) is 1.19. The molecule has 0 saturated heterocycles. The number of carboxylic acids is 4. The van der Waals surface area contributed by atoms with Gasteiger partial charge in [0.1, 0.15) is 0 Å². The Morgan fingerprint density at radius 2 is 1.58 bits per heavy atom. The third-order valence-corrected chi connectivity index (χ3v) is 5.89. The van der Waals surface area contributed by atoms with Crippen LogP contribution >= 0.6 is 0 Å². The number of nitrogens with zero attached hydrogens (tertiary/aromatic N) is 1. The van der Waals surface area contributed by atoms with Crippen LogP contribution in [0.1, 0.15) is 31.2 Å². The van der Waals surface area contributed by atoms with Gasteiger partial charge in [0.2, 0.25) is 0 Å². The maximum absolute atomic E-state index is 11.6. The number of rotatable bonds is 23. The third kappa shape index (κ3) is 16.3. The summed E-state index contributed by atoms with van der Waals surface area (Å²) in [5, 5.41) is 45.5. The van der Waals surface area contributed by atoms with E-state index in [1.54, 1.807) is 11.0 Å². The fraction of sp³-hybridized carbons (Fsp3) is 0.538. The largest absolute Gasteiger partial charge is 0.481 e. The molecule has 38 heavy (non-hydrogen) atoms. The molecule has 2 unspecified atom stereocenters. The molecule has 0 radical (unpaired) electrons. The van der Waals surface area contributed by atoms with Crippen molar-refractivity contribution in [2.75, 3.05) is 51.1 Å². The van der Waals surface area contributed by atoms with E-state index >= 15 is 0 Å². The monoisotopic (exact) mass is 536 g/mol. The number of hydrogen-bond donors (Lipinski definition) is 7. The molecule has 7 N–H and O–H groups in total. The van der Waals surface area contributed by atoms with Crippen LogP contribution in [0.5, 0.6) is 0 Å². The summed E-state index contributed by atoms with van der Waals surface area (Å²) in [6.07, 6.45) is 3.64. The van der Waals surface area contributed by atoms with Gasteiger partial charge in [0.25, 0.3) is 0 Å². The second kappa shape index (κ2) is 18.7. The van der Waals surface area contributed by atoms with E-state index in [0.717, 1.165) is 11.3 Å². The van der Waals surface area contributed by atoms with Crippen LogP contribution in [0.2, 0.25) is 0 Å². The number of carbonyl (C=O) groups is 4. The van der Waals surface area contributed by atoms with E-state index in [1.807, 2.05) is 24.3 Å². The lowest BCUT2D eigenvalue weighted by Crippen LogP contribution is -2.46. The minimum atomic E-state index is -1.02. The van der Waals surface area contributed by atoms with Gasteiger partial charge >= 0.3 is 23.9 Å². The first-order valence-corrected chi connectivity index (χ1v) is 12.6. The molecule has 0 aliphatic heterocycles. The van der Waals surface area contributed by atoms with Gasteiger partial charge in [-0.15, -0.1) is 6.58 Å². The first-order valence-electron chi connectivity index (χ1n) is 12.6. The number of benzene rings is 1. The Hall–Kier alpha value is -3.48. The van der Waals surface area contributed by atoms with Crippen LogP contribution in [0.25, 0.3) is 0 Å². The smallest absolute Gasteiger partial charge is 0.317 e. The van der Waals surface area contributed by atoms with Crippen molar-refractivity contribution in [1.82, 2.24) is 15.5 Å². The van der Waals surface area contributed by atoms with Gasteiger partial charge in [-0.1, -0.05) is 18.2 Å². The van der Waals surface area contributed by atoms with Gasteiger partial charge in [0.05, 0.1) is 19.6 Å². The van der Waals surface area contributed by atoms with Crippen LogP contribution in [0, 0.1) is 5.92 Å². The summed E-state index contributed by atoms with van der Waals surface area (Å²) in [4.78, 5) is 46.3. The molecular weight excluding hydrogens is 496 g/mol. The highest BCUT2D eigenvalue weighted by Gasteiger charge is 2.20. The fourth-order valence-electron chi connectivity index (χ4n) is 4.03.